The molecule has 0 fully saturated rings. The van der Waals surface area contributed by atoms with E-state index in [0.29, 0.717) is 35.6 Å². The van der Waals surface area contributed by atoms with Crippen molar-refractivity contribution in [3.8, 4) is 5.75 Å². The van der Waals surface area contributed by atoms with Crippen molar-refractivity contribution in [2.75, 3.05) is 23.0 Å². The molecule has 8 nitrogen and oxygen atoms in total. The van der Waals surface area contributed by atoms with Gasteiger partial charge in [-0.1, -0.05) is 48.2 Å². The minimum absolute atomic E-state index is 0.0592. The van der Waals surface area contributed by atoms with E-state index < -0.39 is 0 Å². The van der Waals surface area contributed by atoms with Gasteiger partial charge < -0.3 is 19.9 Å². The number of nitrogens with zero attached hydrogens (tertiary/aromatic N) is 3. The number of para-hydroxylation sites is 3. The van der Waals surface area contributed by atoms with E-state index in [9.17, 15) is 9.59 Å². The second-order valence-corrected chi connectivity index (χ2v) is 8.05. The zero-order valence-electron chi connectivity index (χ0n) is 18.7. The highest BCUT2D eigenvalue weighted by molar-refractivity contribution is 7.99. The van der Waals surface area contributed by atoms with Gasteiger partial charge in [0, 0.05) is 12.2 Å². The maximum Gasteiger partial charge on any atom is 0.234 e. The third-order valence-electron chi connectivity index (χ3n) is 4.64. The van der Waals surface area contributed by atoms with Gasteiger partial charge in [-0.15, -0.1) is 16.8 Å². The first-order chi connectivity index (χ1) is 16.0. The molecule has 0 saturated carbocycles. The lowest BCUT2D eigenvalue weighted by molar-refractivity contribution is -0.116. The molecule has 0 aliphatic rings. The van der Waals surface area contributed by atoms with Crippen LogP contribution < -0.4 is 15.4 Å². The molecule has 3 aromatic rings. The Morgan fingerprint density at radius 2 is 1.76 bits per heavy atom. The smallest absolute Gasteiger partial charge is 0.234 e. The Morgan fingerprint density at radius 3 is 2.48 bits per heavy atom. The molecule has 0 atom stereocenters. The number of hydrogen-bond donors (Lipinski definition) is 2. The summed E-state index contributed by atoms with van der Waals surface area (Å²) in [4.78, 5) is 25.1. The highest BCUT2D eigenvalue weighted by Crippen LogP contribution is 2.25. The number of anilines is 2. The minimum atomic E-state index is -0.195. The number of carbonyl (C=O) groups excluding carboxylic acids is 2. The van der Waals surface area contributed by atoms with Crippen molar-refractivity contribution in [2.24, 2.45) is 0 Å². The first-order valence-corrected chi connectivity index (χ1v) is 11.5. The van der Waals surface area contributed by atoms with Gasteiger partial charge in [-0.05, 0) is 37.6 Å². The number of nitrogens with one attached hydrogen (secondary N) is 2. The summed E-state index contributed by atoms with van der Waals surface area (Å²) in [5.41, 5.74) is 2.36. The third-order valence-corrected chi connectivity index (χ3v) is 5.60. The van der Waals surface area contributed by atoms with Gasteiger partial charge in [0.25, 0.3) is 0 Å². The number of ether oxygens (including phenoxy) is 1. The van der Waals surface area contributed by atoms with Gasteiger partial charge in [-0.2, -0.15) is 0 Å². The van der Waals surface area contributed by atoms with E-state index in [0.717, 1.165) is 11.3 Å². The number of rotatable bonds is 11. The average molecular weight is 466 g/mol. The minimum Gasteiger partial charge on any atom is -0.492 e. The number of hydrogen-bond acceptors (Lipinski definition) is 6. The fourth-order valence-corrected chi connectivity index (χ4v) is 3.85. The largest absolute Gasteiger partial charge is 0.492 e. The average Bonchev–Trinajstić information content (AvgIpc) is 3.17. The van der Waals surface area contributed by atoms with Crippen LogP contribution in [0.5, 0.6) is 5.75 Å². The summed E-state index contributed by atoms with van der Waals surface area (Å²) >= 11 is 1.24. The topological polar surface area (TPSA) is 98.1 Å². The molecule has 0 saturated heterocycles. The van der Waals surface area contributed by atoms with E-state index in [2.05, 4.69) is 27.4 Å². The van der Waals surface area contributed by atoms with Crippen LogP contribution in [-0.2, 0) is 22.6 Å². The van der Waals surface area contributed by atoms with Gasteiger partial charge in [-0.3, -0.25) is 9.59 Å². The summed E-state index contributed by atoms with van der Waals surface area (Å²) < 4.78 is 7.33. The molecule has 2 amide bonds. The summed E-state index contributed by atoms with van der Waals surface area (Å²) in [6, 6.07) is 14.9. The predicted octanol–water partition coefficient (Wildman–Crippen LogP) is 4.08. The van der Waals surface area contributed by atoms with Crippen LogP contribution in [-0.4, -0.2) is 38.9 Å². The first-order valence-electron chi connectivity index (χ1n) is 10.5. The molecule has 1 aromatic heterocycles. The van der Waals surface area contributed by atoms with E-state index >= 15 is 0 Å². The monoisotopic (exact) mass is 465 g/mol. The lowest BCUT2D eigenvalue weighted by Crippen LogP contribution is -2.18. The van der Waals surface area contributed by atoms with Gasteiger partial charge in [0.05, 0.1) is 24.5 Å². The zero-order valence-corrected chi connectivity index (χ0v) is 19.5. The molecule has 0 bridgehead atoms. The number of carbonyl (C=O) groups is 2. The zero-order chi connectivity index (χ0) is 23.6. The van der Waals surface area contributed by atoms with Crippen LogP contribution in [0.15, 0.2) is 66.3 Å². The number of allylic oxidation sites excluding steroid dienone is 1. The van der Waals surface area contributed by atoms with Crippen molar-refractivity contribution in [1.82, 2.24) is 14.8 Å². The van der Waals surface area contributed by atoms with Crippen LogP contribution in [0.1, 0.15) is 18.3 Å². The molecule has 2 aromatic carbocycles. The maximum absolute atomic E-state index is 12.6. The molecule has 1 heterocycles. The standard InChI is InChI=1S/C24H27N5O3S/c1-4-14-29-21(15-22(30)25-18-11-7-6-10-17(18)3)27-28-24(29)33-16-23(31)26-19-12-8-9-13-20(19)32-5-2/h4,6-13H,1,5,14-16H2,2-3H3,(H,25,30)(H,26,31). The molecule has 0 aliphatic heterocycles. The lowest BCUT2D eigenvalue weighted by Gasteiger charge is -2.11. The molecular weight excluding hydrogens is 438 g/mol. The van der Waals surface area contributed by atoms with Gasteiger partial charge in [0.2, 0.25) is 11.8 Å². The molecule has 0 spiro atoms. The fourth-order valence-electron chi connectivity index (χ4n) is 3.09. The normalized spacial score (nSPS) is 10.5. The molecule has 3 rings (SSSR count). The molecular formula is C24H27N5O3S. The van der Waals surface area contributed by atoms with Crippen LogP contribution in [0.3, 0.4) is 0 Å². The fraction of sp³-hybridized carbons (Fsp3) is 0.250. The second kappa shape index (κ2) is 11.9. The van der Waals surface area contributed by atoms with E-state index in [4.69, 9.17) is 4.74 Å². The molecule has 9 heteroatoms. The van der Waals surface area contributed by atoms with Crippen LogP contribution in [0.2, 0.25) is 0 Å². The van der Waals surface area contributed by atoms with Crippen LogP contribution in [0.4, 0.5) is 11.4 Å². The quantitative estimate of drug-likeness (QED) is 0.327. The maximum atomic E-state index is 12.6. The summed E-state index contributed by atoms with van der Waals surface area (Å²) in [6.07, 6.45) is 1.76. The Labute approximate surface area is 197 Å². The van der Waals surface area contributed by atoms with Crippen molar-refractivity contribution in [3.05, 3.63) is 72.6 Å². The Bertz CT molecular complexity index is 1130. The lowest BCUT2D eigenvalue weighted by atomic mass is 10.2. The van der Waals surface area contributed by atoms with Crippen molar-refractivity contribution in [2.45, 2.75) is 32.0 Å². The number of aromatic nitrogens is 3. The second-order valence-electron chi connectivity index (χ2n) is 7.10. The highest BCUT2D eigenvalue weighted by Gasteiger charge is 2.17. The van der Waals surface area contributed by atoms with Crippen molar-refractivity contribution >= 4 is 35.0 Å². The SMILES string of the molecule is C=CCn1c(CC(=O)Nc2ccccc2C)nnc1SCC(=O)Nc1ccccc1OCC. The van der Waals surface area contributed by atoms with Crippen LogP contribution in [0.25, 0.3) is 0 Å². The van der Waals surface area contributed by atoms with Gasteiger partial charge >= 0.3 is 0 Å². The van der Waals surface area contributed by atoms with Crippen LogP contribution >= 0.6 is 11.8 Å². The molecule has 0 radical (unpaired) electrons. The van der Waals surface area contributed by atoms with Crippen molar-refractivity contribution < 1.29 is 14.3 Å². The van der Waals surface area contributed by atoms with Crippen LogP contribution in [0, 0.1) is 6.92 Å². The number of thioether (sulfide) groups is 1. The number of amides is 2. The Hall–Kier alpha value is -3.59. The van der Waals surface area contributed by atoms with E-state index in [1.54, 1.807) is 22.8 Å². The summed E-state index contributed by atoms with van der Waals surface area (Å²) in [7, 11) is 0. The van der Waals surface area contributed by atoms with Crippen molar-refractivity contribution in [1.29, 1.82) is 0 Å². The van der Waals surface area contributed by atoms with Gasteiger partial charge in [0.1, 0.15) is 11.6 Å². The molecule has 172 valence electrons. The molecule has 0 unspecified atom stereocenters. The van der Waals surface area contributed by atoms with Gasteiger partial charge in [-0.25, -0.2) is 0 Å². The van der Waals surface area contributed by atoms with E-state index in [-0.39, 0.29) is 24.0 Å². The van der Waals surface area contributed by atoms with E-state index in [1.807, 2.05) is 50.2 Å². The molecule has 2 N–H and O–H groups in total. The van der Waals surface area contributed by atoms with Crippen molar-refractivity contribution in [3.63, 3.8) is 0 Å². The molecule has 33 heavy (non-hydrogen) atoms. The summed E-state index contributed by atoms with van der Waals surface area (Å²) in [5.74, 6) is 0.870. The number of aryl methyl sites for hydroxylation is 1. The van der Waals surface area contributed by atoms with E-state index in [1.165, 1.54) is 11.8 Å². The Morgan fingerprint density at radius 1 is 1.06 bits per heavy atom. The first kappa shape index (κ1) is 24.1. The predicted molar refractivity (Wildman–Crippen MR) is 131 cm³/mol. The summed E-state index contributed by atoms with van der Waals surface area (Å²) in [6.45, 7) is 8.53. The Balaban J connectivity index is 1.63. The summed E-state index contributed by atoms with van der Waals surface area (Å²) in [5, 5.41) is 14.7. The number of benzene rings is 2. The Kier molecular flexibility index (Phi) is 8.65. The van der Waals surface area contributed by atoms with Gasteiger partial charge in [0.15, 0.2) is 5.16 Å². The third kappa shape index (κ3) is 6.69. The highest BCUT2D eigenvalue weighted by atomic mass is 32.2. The molecule has 0 aliphatic carbocycles.